The maximum Gasteiger partial charge on any atom is 0.220 e. The molecule has 1 fully saturated rings. The minimum atomic E-state index is 0.103. The molecule has 4 heteroatoms. The van der Waals surface area contributed by atoms with E-state index >= 15 is 0 Å². The van der Waals surface area contributed by atoms with Crippen molar-refractivity contribution >= 4 is 5.91 Å². The number of hydrogen-bond donors (Lipinski definition) is 1. The summed E-state index contributed by atoms with van der Waals surface area (Å²) in [4.78, 5) is 12.2. The first-order valence-electron chi connectivity index (χ1n) is 8.04. The summed E-state index contributed by atoms with van der Waals surface area (Å²) in [5.74, 6) is 0.799. The molecule has 1 aliphatic rings. The SMILES string of the molecule is CCC(NC(=O)CC1CCCCC1)c1cnn(CC)c1. The Kier molecular flexibility index (Phi) is 5.62. The summed E-state index contributed by atoms with van der Waals surface area (Å²) < 4.78 is 1.91. The number of nitrogens with one attached hydrogen (secondary N) is 1. The number of rotatable bonds is 6. The van der Waals surface area contributed by atoms with Gasteiger partial charge < -0.3 is 5.32 Å². The summed E-state index contributed by atoms with van der Waals surface area (Å²) >= 11 is 0. The average Bonchev–Trinajstić information content (AvgIpc) is 2.94. The van der Waals surface area contributed by atoms with Gasteiger partial charge in [-0.2, -0.15) is 5.10 Å². The van der Waals surface area contributed by atoms with E-state index in [1.807, 2.05) is 17.1 Å². The Morgan fingerprint density at radius 1 is 1.40 bits per heavy atom. The molecule has 1 aliphatic carbocycles. The zero-order valence-corrected chi connectivity index (χ0v) is 12.8. The van der Waals surface area contributed by atoms with E-state index in [1.165, 1.54) is 32.1 Å². The lowest BCUT2D eigenvalue weighted by atomic mass is 9.87. The molecule has 112 valence electrons. The average molecular weight is 277 g/mol. The third-order valence-corrected chi connectivity index (χ3v) is 4.32. The lowest BCUT2D eigenvalue weighted by molar-refractivity contribution is -0.123. The van der Waals surface area contributed by atoms with E-state index in [0.717, 1.165) is 18.5 Å². The highest BCUT2D eigenvalue weighted by Gasteiger charge is 2.19. The Morgan fingerprint density at radius 3 is 2.75 bits per heavy atom. The standard InChI is InChI=1S/C16H27N3O/c1-3-15(14-11-17-19(4-2)12-14)18-16(20)10-13-8-6-5-7-9-13/h11-13,15H,3-10H2,1-2H3,(H,18,20). The highest BCUT2D eigenvalue weighted by atomic mass is 16.1. The van der Waals surface area contributed by atoms with E-state index in [-0.39, 0.29) is 11.9 Å². The van der Waals surface area contributed by atoms with Gasteiger partial charge in [-0.3, -0.25) is 9.48 Å². The summed E-state index contributed by atoms with van der Waals surface area (Å²) in [5, 5.41) is 7.47. The van der Waals surface area contributed by atoms with Gasteiger partial charge in [0.1, 0.15) is 0 Å². The normalized spacial score (nSPS) is 17.9. The van der Waals surface area contributed by atoms with Crippen LogP contribution in [-0.4, -0.2) is 15.7 Å². The first-order chi connectivity index (χ1) is 9.72. The molecular formula is C16H27N3O. The number of aryl methyl sites for hydroxylation is 1. The Labute approximate surface area is 121 Å². The number of nitrogens with zero attached hydrogens (tertiary/aromatic N) is 2. The van der Waals surface area contributed by atoms with Crippen LogP contribution in [0, 0.1) is 5.92 Å². The second kappa shape index (κ2) is 7.46. The van der Waals surface area contributed by atoms with Crippen molar-refractivity contribution < 1.29 is 4.79 Å². The van der Waals surface area contributed by atoms with E-state index in [2.05, 4.69) is 24.3 Å². The molecule has 1 heterocycles. The molecule has 0 aliphatic heterocycles. The van der Waals surface area contributed by atoms with Crippen LogP contribution in [0.5, 0.6) is 0 Å². The largest absolute Gasteiger partial charge is 0.349 e. The van der Waals surface area contributed by atoms with E-state index in [9.17, 15) is 4.79 Å². The Hall–Kier alpha value is -1.32. The summed E-state index contributed by atoms with van der Waals surface area (Å²) in [6.45, 7) is 5.04. The van der Waals surface area contributed by atoms with Gasteiger partial charge >= 0.3 is 0 Å². The summed E-state index contributed by atoms with van der Waals surface area (Å²) in [7, 11) is 0. The molecule has 0 saturated heterocycles. The number of hydrogen-bond acceptors (Lipinski definition) is 2. The quantitative estimate of drug-likeness (QED) is 0.865. The topological polar surface area (TPSA) is 46.9 Å². The molecule has 0 aromatic carbocycles. The smallest absolute Gasteiger partial charge is 0.220 e. The number of carbonyl (C=O) groups is 1. The van der Waals surface area contributed by atoms with Gasteiger partial charge in [0.25, 0.3) is 0 Å². The Bertz CT molecular complexity index is 421. The van der Waals surface area contributed by atoms with Crippen LogP contribution in [0.25, 0.3) is 0 Å². The number of amides is 1. The van der Waals surface area contributed by atoms with E-state index in [0.29, 0.717) is 12.3 Å². The second-order valence-electron chi connectivity index (χ2n) is 5.87. The minimum absolute atomic E-state index is 0.103. The zero-order chi connectivity index (χ0) is 14.4. The molecule has 1 N–H and O–H groups in total. The molecular weight excluding hydrogens is 250 g/mol. The van der Waals surface area contributed by atoms with E-state index in [4.69, 9.17) is 0 Å². The maximum atomic E-state index is 12.2. The predicted molar refractivity (Wildman–Crippen MR) is 80.3 cm³/mol. The van der Waals surface area contributed by atoms with E-state index < -0.39 is 0 Å². The van der Waals surface area contributed by atoms with Crippen LogP contribution >= 0.6 is 0 Å². The number of aromatic nitrogens is 2. The van der Waals surface area contributed by atoms with Crippen molar-refractivity contribution in [2.75, 3.05) is 0 Å². The fraction of sp³-hybridized carbons (Fsp3) is 0.750. The fourth-order valence-corrected chi connectivity index (χ4v) is 3.06. The van der Waals surface area contributed by atoms with Crippen molar-refractivity contribution in [1.82, 2.24) is 15.1 Å². The highest BCUT2D eigenvalue weighted by molar-refractivity contribution is 5.76. The number of carbonyl (C=O) groups excluding carboxylic acids is 1. The van der Waals surface area contributed by atoms with Crippen LogP contribution in [-0.2, 0) is 11.3 Å². The molecule has 1 atom stereocenters. The molecule has 1 aromatic heterocycles. The summed E-state index contributed by atoms with van der Waals surface area (Å²) in [6.07, 6.45) is 11.9. The molecule has 1 aromatic rings. The van der Waals surface area contributed by atoms with Gasteiger partial charge in [-0.1, -0.05) is 26.2 Å². The van der Waals surface area contributed by atoms with Crippen LogP contribution in [0.1, 0.15) is 70.4 Å². The Balaban J connectivity index is 1.86. The molecule has 0 bridgehead atoms. The van der Waals surface area contributed by atoms with Crippen molar-refractivity contribution in [1.29, 1.82) is 0 Å². The monoisotopic (exact) mass is 277 g/mol. The fourth-order valence-electron chi connectivity index (χ4n) is 3.06. The molecule has 1 amide bonds. The lowest BCUT2D eigenvalue weighted by Gasteiger charge is -2.22. The summed E-state index contributed by atoms with van der Waals surface area (Å²) in [5.41, 5.74) is 1.12. The van der Waals surface area contributed by atoms with Crippen molar-refractivity contribution in [2.24, 2.45) is 5.92 Å². The van der Waals surface area contributed by atoms with Crippen LogP contribution in [0.3, 0.4) is 0 Å². The second-order valence-corrected chi connectivity index (χ2v) is 5.87. The van der Waals surface area contributed by atoms with Crippen molar-refractivity contribution in [3.05, 3.63) is 18.0 Å². The molecule has 1 saturated carbocycles. The molecule has 1 unspecified atom stereocenters. The minimum Gasteiger partial charge on any atom is -0.349 e. The first-order valence-corrected chi connectivity index (χ1v) is 8.04. The van der Waals surface area contributed by atoms with Gasteiger partial charge in [-0.25, -0.2) is 0 Å². The van der Waals surface area contributed by atoms with Crippen molar-refractivity contribution in [3.63, 3.8) is 0 Å². The van der Waals surface area contributed by atoms with Gasteiger partial charge in [-0.05, 0) is 32.1 Å². The van der Waals surface area contributed by atoms with Gasteiger partial charge in [0.15, 0.2) is 0 Å². The highest BCUT2D eigenvalue weighted by Crippen LogP contribution is 2.26. The van der Waals surface area contributed by atoms with Crippen LogP contribution in [0.2, 0.25) is 0 Å². The third-order valence-electron chi connectivity index (χ3n) is 4.32. The van der Waals surface area contributed by atoms with Gasteiger partial charge in [0.05, 0.1) is 12.2 Å². The Morgan fingerprint density at radius 2 is 2.15 bits per heavy atom. The predicted octanol–water partition coefficient (Wildman–Crippen LogP) is 3.44. The van der Waals surface area contributed by atoms with Gasteiger partial charge in [0.2, 0.25) is 5.91 Å². The van der Waals surface area contributed by atoms with Crippen molar-refractivity contribution in [3.8, 4) is 0 Å². The van der Waals surface area contributed by atoms with Crippen LogP contribution in [0.15, 0.2) is 12.4 Å². The van der Waals surface area contributed by atoms with Gasteiger partial charge in [0, 0.05) is 24.7 Å². The summed E-state index contributed by atoms with van der Waals surface area (Å²) in [6, 6.07) is 0.103. The van der Waals surface area contributed by atoms with Crippen molar-refractivity contribution in [2.45, 2.75) is 71.4 Å². The molecule has 0 spiro atoms. The third kappa shape index (κ3) is 4.09. The van der Waals surface area contributed by atoms with Crippen LogP contribution in [0.4, 0.5) is 0 Å². The zero-order valence-electron chi connectivity index (χ0n) is 12.8. The maximum absolute atomic E-state index is 12.2. The molecule has 0 radical (unpaired) electrons. The molecule has 2 rings (SSSR count). The van der Waals surface area contributed by atoms with E-state index in [1.54, 1.807) is 0 Å². The van der Waals surface area contributed by atoms with Crippen LogP contribution < -0.4 is 5.32 Å². The first kappa shape index (κ1) is 15.1. The molecule has 20 heavy (non-hydrogen) atoms. The lowest BCUT2D eigenvalue weighted by Crippen LogP contribution is -2.30. The molecule has 4 nitrogen and oxygen atoms in total. The van der Waals surface area contributed by atoms with Gasteiger partial charge in [-0.15, -0.1) is 0 Å².